The van der Waals surface area contributed by atoms with Crippen LogP contribution in [-0.2, 0) is 6.54 Å². The Balaban J connectivity index is 1.43. The second-order valence-corrected chi connectivity index (χ2v) is 8.70. The van der Waals surface area contributed by atoms with E-state index < -0.39 is 17.1 Å². The number of aromatic amines is 1. The van der Waals surface area contributed by atoms with Gasteiger partial charge in [0.15, 0.2) is 0 Å². The standard InChI is InChI=1S/C25H29FN4O3/c1-17-6-2-3-12-29(17)13-5-11-27-23(31)19-9-10-21-22(15-19)28-25(33)30(24(21)32)16-18-7-4-8-20(26)14-18/h4,7-10,14-15,17H,2-3,5-6,11-13,16H2,1H3,(H,27,31)(H,28,33). The highest BCUT2D eigenvalue weighted by atomic mass is 19.1. The lowest BCUT2D eigenvalue weighted by molar-refractivity contribution is 0.0949. The number of hydrogen-bond donors (Lipinski definition) is 2. The molecule has 1 saturated heterocycles. The van der Waals surface area contributed by atoms with Gasteiger partial charge in [-0.25, -0.2) is 9.18 Å². The topological polar surface area (TPSA) is 87.2 Å². The Bertz CT molecular complexity index is 1270. The molecule has 1 aromatic heterocycles. The first-order chi connectivity index (χ1) is 15.9. The zero-order chi connectivity index (χ0) is 23.4. The molecule has 1 atom stereocenters. The van der Waals surface area contributed by atoms with E-state index in [2.05, 4.69) is 22.1 Å². The molecule has 2 N–H and O–H groups in total. The minimum Gasteiger partial charge on any atom is -0.352 e. The largest absolute Gasteiger partial charge is 0.352 e. The Kier molecular flexibility index (Phi) is 7.03. The second-order valence-electron chi connectivity index (χ2n) is 8.70. The van der Waals surface area contributed by atoms with Gasteiger partial charge in [-0.2, -0.15) is 0 Å². The fraction of sp³-hybridized carbons (Fsp3) is 0.400. The van der Waals surface area contributed by atoms with E-state index in [0.717, 1.165) is 24.1 Å². The molecule has 2 heterocycles. The van der Waals surface area contributed by atoms with E-state index >= 15 is 0 Å². The van der Waals surface area contributed by atoms with Crippen molar-refractivity contribution >= 4 is 16.8 Å². The molecule has 7 nitrogen and oxygen atoms in total. The molecule has 2 aromatic carbocycles. The first-order valence-electron chi connectivity index (χ1n) is 11.5. The lowest BCUT2D eigenvalue weighted by Crippen LogP contribution is -2.39. The molecule has 0 aliphatic carbocycles. The van der Waals surface area contributed by atoms with E-state index in [-0.39, 0.29) is 12.5 Å². The number of rotatable bonds is 7. The first kappa shape index (κ1) is 22.9. The fourth-order valence-electron chi connectivity index (χ4n) is 4.43. The summed E-state index contributed by atoms with van der Waals surface area (Å²) in [5.74, 6) is -0.674. The van der Waals surface area contributed by atoms with E-state index in [1.54, 1.807) is 18.2 Å². The normalized spacial score (nSPS) is 16.7. The van der Waals surface area contributed by atoms with Crippen molar-refractivity contribution in [1.29, 1.82) is 0 Å². The van der Waals surface area contributed by atoms with Crippen LogP contribution in [-0.4, -0.2) is 46.0 Å². The van der Waals surface area contributed by atoms with Gasteiger partial charge >= 0.3 is 5.69 Å². The molecule has 3 aromatic rings. The molecule has 1 aliphatic heterocycles. The summed E-state index contributed by atoms with van der Waals surface area (Å²) in [5, 5.41) is 3.21. The molecule has 174 valence electrons. The van der Waals surface area contributed by atoms with Crippen LogP contribution < -0.4 is 16.6 Å². The number of aromatic nitrogens is 2. The first-order valence-corrected chi connectivity index (χ1v) is 11.5. The van der Waals surface area contributed by atoms with E-state index in [0.29, 0.717) is 34.6 Å². The van der Waals surface area contributed by atoms with Crippen molar-refractivity contribution in [3.05, 3.63) is 80.2 Å². The average molecular weight is 453 g/mol. The molecule has 1 aliphatic rings. The number of nitrogens with zero attached hydrogens (tertiary/aromatic N) is 2. The number of amides is 1. The van der Waals surface area contributed by atoms with Gasteiger partial charge in [-0.05, 0) is 68.6 Å². The maximum absolute atomic E-state index is 13.5. The van der Waals surface area contributed by atoms with Gasteiger partial charge in [-0.15, -0.1) is 0 Å². The number of piperidine rings is 1. The van der Waals surface area contributed by atoms with E-state index in [4.69, 9.17) is 0 Å². The second kappa shape index (κ2) is 10.1. The molecule has 0 saturated carbocycles. The maximum Gasteiger partial charge on any atom is 0.329 e. The van der Waals surface area contributed by atoms with Crippen LogP contribution in [0.5, 0.6) is 0 Å². The smallest absolute Gasteiger partial charge is 0.329 e. The van der Waals surface area contributed by atoms with Crippen molar-refractivity contribution in [3.63, 3.8) is 0 Å². The summed E-state index contributed by atoms with van der Waals surface area (Å²) in [7, 11) is 0. The molecule has 1 unspecified atom stereocenters. The zero-order valence-electron chi connectivity index (χ0n) is 18.8. The van der Waals surface area contributed by atoms with Crippen LogP contribution in [0, 0.1) is 5.82 Å². The van der Waals surface area contributed by atoms with Gasteiger partial charge in [-0.1, -0.05) is 18.6 Å². The van der Waals surface area contributed by atoms with Gasteiger partial charge in [0.2, 0.25) is 0 Å². The minimum atomic E-state index is -0.607. The molecule has 0 bridgehead atoms. The van der Waals surface area contributed by atoms with Crippen LogP contribution in [0.3, 0.4) is 0 Å². The molecule has 4 rings (SSSR count). The molecule has 1 amide bonds. The van der Waals surface area contributed by atoms with Gasteiger partial charge in [0, 0.05) is 24.7 Å². The summed E-state index contributed by atoms with van der Waals surface area (Å²) in [6.45, 7) is 4.84. The molecular formula is C25H29FN4O3. The number of hydrogen-bond acceptors (Lipinski definition) is 4. The third-order valence-corrected chi connectivity index (χ3v) is 6.32. The van der Waals surface area contributed by atoms with Crippen molar-refractivity contribution < 1.29 is 9.18 Å². The fourth-order valence-corrected chi connectivity index (χ4v) is 4.43. The summed E-state index contributed by atoms with van der Waals surface area (Å²) in [5.41, 5.74) is 0.101. The van der Waals surface area contributed by atoms with Crippen LogP contribution in [0.15, 0.2) is 52.1 Å². The molecule has 1 fully saturated rings. The maximum atomic E-state index is 13.5. The highest BCUT2D eigenvalue weighted by Crippen LogP contribution is 2.16. The Morgan fingerprint density at radius 1 is 1.18 bits per heavy atom. The summed E-state index contributed by atoms with van der Waals surface area (Å²) in [4.78, 5) is 43.1. The number of H-pyrrole nitrogens is 1. The predicted molar refractivity (Wildman–Crippen MR) is 126 cm³/mol. The number of benzene rings is 2. The number of likely N-dealkylation sites (tertiary alicyclic amines) is 1. The van der Waals surface area contributed by atoms with Crippen molar-refractivity contribution in [3.8, 4) is 0 Å². The Hall–Kier alpha value is -3.26. The number of carbonyl (C=O) groups is 1. The van der Waals surface area contributed by atoms with Crippen LogP contribution in [0.4, 0.5) is 4.39 Å². The van der Waals surface area contributed by atoms with Crippen molar-refractivity contribution in [2.45, 2.75) is 45.2 Å². The van der Waals surface area contributed by atoms with Gasteiger partial charge in [0.05, 0.1) is 17.4 Å². The molecular weight excluding hydrogens is 423 g/mol. The quantitative estimate of drug-likeness (QED) is 0.540. The Morgan fingerprint density at radius 3 is 2.82 bits per heavy atom. The third-order valence-electron chi connectivity index (χ3n) is 6.32. The molecule has 8 heteroatoms. The van der Waals surface area contributed by atoms with Crippen LogP contribution >= 0.6 is 0 Å². The average Bonchev–Trinajstić information content (AvgIpc) is 2.80. The summed E-state index contributed by atoms with van der Waals surface area (Å²) in [6, 6.07) is 11.0. The molecule has 0 spiro atoms. The lowest BCUT2D eigenvalue weighted by atomic mass is 10.0. The van der Waals surface area contributed by atoms with Crippen molar-refractivity contribution in [2.24, 2.45) is 0 Å². The number of nitrogens with one attached hydrogen (secondary N) is 2. The van der Waals surface area contributed by atoms with Gasteiger partial charge < -0.3 is 15.2 Å². The summed E-state index contributed by atoms with van der Waals surface area (Å²) >= 11 is 0. The van der Waals surface area contributed by atoms with Gasteiger partial charge in [-0.3, -0.25) is 14.2 Å². The summed E-state index contributed by atoms with van der Waals surface area (Å²) < 4.78 is 14.5. The summed E-state index contributed by atoms with van der Waals surface area (Å²) in [6.07, 6.45) is 4.61. The van der Waals surface area contributed by atoms with E-state index in [1.165, 1.54) is 43.5 Å². The van der Waals surface area contributed by atoms with E-state index in [9.17, 15) is 18.8 Å². The van der Waals surface area contributed by atoms with E-state index in [1.807, 2.05) is 0 Å². The van der Waals surface area contributed by atoms with Crippen molar-refractivity contribution in [1.82, 2.24) is 19.8 Å². The number of carbonyl (C=O) groups excluding carboxylic acids is 1. The third kappa shape index (κ3) is 5.39. The highest BCUT2D eigenvalue weighted by molar-refractivity contribution is 5.97. The van der Waals surface area contributed by atoms with Gasteiger partial charge in [0.25, 0.3) is 11.5 Å². The highest BCUT2D eigenvalue weighted by Gasteiger charge is 2.17. The Morgan fingerprint density at radius 2 is 2.03 bits per heavy atom. The van der Waals surface area contributed by atoms with Crippen molar-refractivity contribution in [2.75, 3.05) is 19.6 Å². The van der Waals surface area contributed by atoms with Crippen LogP contribution in [0.2, 0.25) is 0 Å². The predicted octanol–water partition coefficient (Wildman–Crippen LogP) is 2.87. The Labute approximate surface area is 191 Å². The minimum absolute atomic E-state index is 0.0419. The monoisotopic (exact) mass is 452 g/mol. The van der Waals surface area contributed by atoms with Crippen LogP contribution in [0.25, 0.3) is 10.9 Å². The number of fused-ring (bicyclic) bond motifs is 1. The van der Waals surface area contributed by atoms with Crippen LogP contribution in [0.1, 0.15) is 48.5 Å². The number of halogens is 1. The molecule has 33 heavy (non-hydrogen) atoms. The molecule has 0 radical (unpaired) electrons. The zero-order valence-corrected chi connectivity index (χ0v) is 18.8. The van der Waals surface area contributed by atoms with Gasteiger partial charge in [0.1, 0.15) is 5.82 Å². The lowest BCUT2D eigenvalue weighted by Gasteiger charge is -2.33. The SMILES string of the molecule is CC1CCCCN1CCCNC(=O)c1ccc2c(=O)n(Cc3cccc(F)c3)c(=O)[nH]c2c1.